The van der Waals surface area contributed by atoms with E-state index in [1.54, 1.807) is 0 Å². The van der Waals surface area contributed by atoms with Gasteiger partial charge in [0.1, 0.15) is 5.49 Å². The molecule has 0 aromatic heterocycles. The minimum Gasteiger partial charge on any atom is -0.360 e. The van der Waals surface area contributed by atoms with Gasteiger partial charge in [-0.1, -0.05) is 12.2 Å². The molecule has 0 saturated carbocycles. The van der Waals surface area contributed by atoms with Gasteiger partial charge in [0.15, 0.2) is 0 Å². The Morgan fingerprint density at radius 1 is 1.29 bits per heavy atom. The van der Waals surface area contributed by atoms with Crippen LogP contribution in [0.5, 0.6) is 0 Å². The van der Waals surface area contributed by atoms with Crippen LogP contribution >= 0.6 is 12.2 Å². The molecule has 0 aromatic carbocycles. The molecule has 0 N–H and O–H groups in total. The van der Waals surface area contributed by atoms with Crippen molar-refractivity contribution in [3.63, 3.8) is 0 Å². The highest BCUT2D eigenvalue weighted by molar-refractivity contribution is 7.78. The molecule has 1 radical (unpaired) electrons. The summed E-state index contributed by atoms with van der Waals surface area (Å²) in [5.41, 5.74) is 2.68. The Labute approximate surface area is 49.3 Å². The Morgan fingerprint density at radius 3 is 2.14 bits per heavy atom. The summed E-state index contributed by atoms with van der Waals surface area (Å²) in [5.74, 6) is 0. The maximum atomic E-state index is 4.59. The van der Waals surface area contributed by atoms with Crippen LogP contribution in [0.3, 0.4) is 0 Å². The van der Waals surface area contributed by atoms with Crippen molar-refractivity contribution in [1.82, 2.24) is 4.90 Å². The van der Waals surface area contributed by atoms with Gasteiger partial charge in [-0.3, -0.25) is 0 Å². The maximum Gasteiger partial charge on any atom is 0.136 e. The van der Waals surface area contributed by atoms with Gasteiger partial charge in [0.2, 0.25) is 0 Å². The lowest BCUT2D eigenvalue weighted by Gasteiger charge is -2.04. The molecule has 0 aromatic rings. The van der Waals surface area contributed by atoms with E-state index in [4.69, 9.17) is 0 Å². The number of hydrogen-bond acceptors (Lipinski definition) is 1. The minimum atomic E-state index is 1.13. The lowest BCUT2D eigenvalue weighted by molar-refractivity contribution is 0.544. The van der Waals surface area contributed by atoms with Crippen LogP contribution in [-0.4, -0.2) is 23.5 Å². The maximum absolute atomic E-state index is 4.59. The van der Waals surface area contributed by atoms with Crippen molar-refractivity contribution >= 4 is 17.7 Å². The number of thiocarbonyl (C=S) groups is 1. The van der Waals surface area contributed by atoms with Gasteiger partial charge < -0.3 is 4.90 Å². The smallest absolute Gasteiger partial charge is 0.136 e. The van der Waals surface area contributed by atoms with Crippen LogP contribution in [0.4, 0.5) is 0 Å². The van der Waals surface area contributed by atoms with Gasteiger partial charge in [-0.2, -0.15) is 0 Å². The first-order valence-electron chi connectivity index (χ1n) is 2.56. The molecular formula is C5H8NS. The Morgan fingerprint density at radius 2 is 1.86 bits per heavy atom. The zero-order valence-electron chi connectivity index (χ0n) is 4.18. The van der Waals surface area contributed by atoms with E-state index in [9.17, 15) is 0 Å². The van der Waals surface area contributed by atoms with Gasteiger partial charge in [-0.15, -0.1) is 0 Å². The van der Waals surface area contributed by atoms with Gasteiger partial charge in [0.05, 0.1) is 0 Å². The minimum absolute atomic E-state index is 1.13. The van der Waals surface area contributed by atoms with Crippen LogP contribution in [0.1, 0.15) is 12.8 Å². The van der Waals surface area contributed by atoms with Gasteiger partial charge in [-0.25, -0.2) is 0 Å². The molecule has 1 saturated heterocycles. The van der Waals surface area contributed by atoms with Crippen LogP contribution in [0.2, 0.25) is 0 Å². The largest absolute Gasteiger partial charge is 0.360 e. The summed E-state index contributed by atoms with van der Waals surface area (Å²) in [5, 5.41) is 0. The molecule has 1 heterocycles. The predicted molar refractivity (Wildman–Crippen MR) is 33.4 cm³/mol. The van der Waals surface area contributed by atoms with Gasteiger partial charge in [0, 0.05) is 13.1 Å². The summed E-state index contributed by atoms with van der Waals surface area (Å²) < 4.78 is 0. The molecule has 0 bridgehead atoms. The molecule has 0 amide bonds. The van der Waals surface area contributed by atoms with Gasteiger partial charge in [-0.05, 0) is 12.8 Å². The first-order valence-corrected chi connectivity index (χ1v) is 2.97. The number of likely N-dealkylation sites (tertiary alicyclic amines) is 1. The molecule has 2 heteroatoms. The normalized spacial score (nSPS) is 20.3. The Balaban J connectivity index is 2.26. The van der Waals surface area contributed by atoms with E-state index in [0.717, 1.165) is 13.1 Å². The average Bonchev–Trinajstić information content (AvgIpc) is 2.14. The van der Waals surface area contributed by atoms with Crippen LogP contribution < -0.4 is 0 Å². The lowest BCUT2D eigenvalue weighted by Crippen LogP contribution is -2.14. The molecule has 0 atom stereocenters. The molecule has 1 aliphatic heterocycles. The van der Waals surface area contributed by atoms with E-state index in [2.05, 4.69) is 22.6 Å². The molecule has 1 rings (SSSR count). The second-order valence-electron chi connectivity index (χ2n) is 1.79. The Hall–Kier alpha value is -0.110. The highest BCUT2D eigenvalue weighted by Gasteiger charge is 2.05. The van der Waals surface area contributed by atoms with Crippen LogP contribution in [0.15, 0.2) is 0 Å². The first-order chi connectivity index (χ1) is 3.43. The third-order valence-corrected chi connectivity index (χ3v) is 1.49. The van der Waals surface area contributed by atoms with Crippen molar-refractivity contribution in [2.75, 3.05) is 13.1 Å². The monoisotopic (exact) mass is 114 g/mol. The Kier molecular flexibility index (Phi) is 1.63. The van der Waals surface area contributed by atoms with E-state index in [1.165, 1.54) is 12.8 Å². The van der Waals surface area contributed by atoms with Crippen molar-refractivity contribution in [2.45, 2.75) is 12.8 Å². The molecule has 0 unspecified atom stereocenters. The Bertz CT molecular complexity index is 66.5. The second kappa shape index (κ2) is 2.26. The van der Waals surface area contributed by atoms with Crippen LogP contribution in [-0.2, 0) is 0 Å². The zero-order valence-corrected chi connectivity index (χ0v) is 5.00. The fourth-order valence-electron chi connectivity index (χ4n) is 0.808. The van der Waals surface area contributed by atoms with Crippen molar-refractivity contribution in [2.24, 2.45) is 0 Å². The molecule has 1 nitrogen and oxygen atoms in total. The van der Waals surface area contributed by atoms with E-state index in [0.29, 0.717) is 0 Å². The molecule has 0 aliphatic carbocycles. The summed E-state index contributed by atoms with van der Waals surface area (Å²) in [4.78, 5) is 2.05. The van der Waals surface area contributed by atoms with E-state index < -0.39 is 0 Å². The quantitative estimate of drug-likeness (QED) is 0.466. The summed E-state index contributed by atoms with van der Waals surface area (Å²) in [7, 11) is 0. The summed E-state index contributed by atoms with van der Waals surface area (Å²) in [6, 6.07) is 0. The van der Waals surface area contributed by atoms with Crippen molar-refractivity contribution in [1.29, 1.82) is 0 Å². The number of rotatable bonds is 1. The van der Waals surface area contributed by atoms with Crippen molar-refractivity contribution in [3.8, 4) is 0 Å². The second-order valence-corrected chi connectivity index (χ2v) is 1.97. The lowest BCUT2D eigenvalue weighted by atomic mass is 10.4. The van der Waals surface area contributed by atoms with Gasteiger partial charge >= 0.3 is 0 Å². The van der Waals surface area contributed by atoms with Crippen molar-refractivity contribution < 1.29 is 0 Å². The zero-order chi connectivity index (χ0) is 5.11. The molecular weight excluding hydrogens is 106 g/mol. The molecule has 1 aliphatic rings. The van der Waals surface area contributed by atoms with Gasteiger partial charge in [0.25, 0.3) is 0 Å². The molecule has 1 fully saturated rings. The third-order valence-electron chi connectivity index (χ3n) is 1.24. The first kappa shape index (κ1) is 5.04. The topological polar surface area (TPSA) is 3.24 Å². The predicted octanol–water partition coefficient (Wildman–Crippen LogP) is 0.916. The third kappa shape index (κ3) is 1.13. The average molecular weight is 114 g/mol. The fraction of sp³-hybridized carbons (Fsp3) is 0.800. The SMILES string of the molecule is S=[C]N1CCCC1. The van der Waals surface area contributed by atoms with E-state index in [1.807, 2.05) is 0 Å². The number of nitrogens with zero attached hydrogens (tertiary/aromatic N) is 1. The molecule has 7 heavy (non-hydrogen) atoms. The fourth-order valence-corrected chi connectivity index (χ4v) is 0.991. The highest BCUT2D eigenvalue weighted by atomic mass is 32.1. The summed E-state index contributed by atoms with van der Waals surface area (Å²) >= 11 is 4.59. The molecule has 0 spiro atoms. The summed E-state index contributed by atoms with van der Waals surface area (Å²) in [6.45, 7) is 2.26. The van der Waals surface area contributed by atoms with E-state index >= 15 is 0 Å². The number of hydrogen-bond donors (Lipinski definition) is 0. The highest BCUT2D eigenvalue weighted by Crippen LogP contribution is 2.03. The van der Waals surface area contributed by atoms with Crippen LogP contribution in [0.25, 0.3) is 0 Å². The van der Waals surface area contributed by atoms with Crippen LogP contribution in [0, 0.1) is 0 Å². The standard InChI is InChI=1S/C5H8NS/c7-5-6-3-1-2-4-6/h1-4H2. The van der Waals surface area contributed by atoms with Crippen molar-refractivity contribution in [3.05, 3.63) is 0 Å². The summed E-state index contributed by atoms with van der Waals surface area (Å²) in [6.07, 6.45) is 2.59. The molecule has 39 valence electrons. The van der Waals surface area contributed by atoms with E-state index in [-0.39, 0.29) is 0 Å².